The predicted molar refractivity (Wildman–Crippen MR) is 144 cm³/mol. The molecule has 212 valence electrons. The largest absolute Gasteiger partial charge is 0.508 e. The fourth-order valence-electron chi connectivity index (χ4n) is 6.37. The number of hydrogen-bond acceptors (Lipinski definition) is 10. The molecule has 1 unspecified atom stereocenters. The third kappa shape index (κ3) is 4.73. The van der Waals surface area contributed by atoms with Gasteiger partial charge < -0.3 is 36.4 Å². The third-order valence-electron chi connectivity index (χ3n) is 8.23. The van der Waals surface area contributed by atoms with E-state index in [1.54, 1.807) is 20.2 Å². The molecule has 1 saturated carbocycles. The van der Waals surface area contributed by atoms with Crippen LogP contribution in [-0.4, -0.2) is 101 Å². The van der Waals surface area contributed by atoms with Gasteiger partial charge in [0.25, 0.3) is 5.91 Å². The average Bonchev–Trinajstić information content (AvgIpc) is 2.84. The summed E-state index contributed by atoms with van der Waals surface area (Å²) in [6, 6.07) is 2.13. The number of ketones is 2. The second-order valence-electron chi connectivity index (χ2n) is 11.2. The number of aliphatic hydroxyl groups excluding tert-OH is 2. The number of carbonyl (C=O) groups excluding carboxylic acids is 3. The smallest absolute Gasteiger partial charge is 0.255 e. The third-order valence-corrected chi connectivity index (χ3v) is 8.23. The number of aromatic hydroxyl groups is 1. The number of rotatable bonds is 9. The highest BCUT2D eigenvalue weighted by Crippen LogP contribution is 2.52. The number of fused-ring (bicyclic) bond motifs is 3. The number of aliphatic hydroxyl groups is 3. The van der Waals surface area contributed by atoms with Crippen LogP contribution in [0.15, 0.2) is 29.0 Å². The monoisotopic (exact) mass is 542 g/mol. The fourth-order valence-corrected chi connectivity index (χ4v) is 6.37. The molecule has 0 radical (unpaired) electrons. The number of likely N-dealkylation sites (N-methyl/N-ethyl adjacent to an activating group) is 1. The molecule has 1 amide bonds. The van der Waals surface area contributed by atoms with Gasteiger partial charge in [0.1, 0.15) is 22.8 Å². The Labute approximate surface area is 227 Å². The summed E-state index contributed by atoms with van der Waals surface area (Å²) in [4.78, 5) is 42.7. The summed E-state index contributed by atoms with van der Waals surface area (Å²) >= 11 is 0. The molecular weight excluding hydrogens is 504 g/mol. The van der Waals surface area contributed by atoms with E-state index in [4.69, 9.17) is 5.73 Å². The number of primary amides is 1. The van der Waals surface area contributed by atoms with Crippen molar-refractivity contribution in [3.8, 4) is 5.75 Å². The SMILES string of the molecule is CN(C)CCCCNCc1ccc(O)c2c1C[C@H]1C[C@H]3C(N(C)C)C(=O)C(C(N)=O)=C(O)[C@@]3(O)C(=O)C1=C2O. The molecule has 3 aliphatic rings. The van der Waals surface area contributed by atoms with Crippen LogP contribution in [0.3, 0.4) is 0 Å². The van der Waals surface area contributed by atoms with E-state index in [9.17, 15) is 34.8 Å². The van der Waals surface area contributed by atoms with Gasteiger partial charge in [-0.3, -0.25) is 19.3 Å². The van der Waals surface area contributed by atoms with Crippen LogP contribution in [0.5, 0.6) is 5.75 Å². The van der Waals surface area contributed by atoms with Gasteiger partial charge in [-0.1, -0.05) is 6.07 Å². The molecule has 1 aromatic carbocycles. The molecule has 4 rings (SSSR count). The van der Waals surface area contributed by atoms with Crippen LogP contribution >= 0.6 is 0 Å². The van der Waals surface area contributed by atoms with Crippen molar-refractivity contribution >= 4 is 23.2 Å². The molecule has 0 aliphatic heterocycles. The van der Waals surface area contributed by atoms with Gasteiger partial charge in [-0.25, -0.2) is 0 Å². The number of phenolic OH excluding ortho intramolecular Hbond substituents is 1. The number of amides is 1. The van der Waals surface area contributed by atoms with E-state index in [1.165, 1.54) is 11.0 Å². The lowest BCUT2D eigenvalue weighted by Crippen LogP contribution is -2.65. The number of phenols is 1. The van der Waals surface area contributed by atoms with Gasteiger partial charge in [0.05, 0.1) is 11.6 Å². The molecule has 3 aliphatic carbocycles. The molecule has 11 nitrogen and oxygen atoms in total. The number of unbranched alkanes of at least 4 members (excludes halogenated alkanes) is 1. The number of hydrogen-bond donors (Lipinski definition) is 6. The van der Waals surface area contributed by atoms with Crippen molar-refractivity contribution in [3.63, 3.8) is 0 Å². The Balaban J connectivity index is 1.73. The summed E-state index contributed by atoms with van der Waals surface area (Å²) in [7, 11) is 7.21. The Morgan fingerprint density at radius 1 is 1.13 bits per heavy atom. The van der Waals surface area contributed by atoms with Gasteiger partial charge in [0, 0.05) is 18.0 Å². The summed E-state index contributed by atoms with van der Waals surface area (Å²) < 4.78 is 0. The Hall–Kier alpha value is -3.25. The van der Waals surface area contributed by atoms with Crippen molar-refractivity contribution in [1.29, 1.82) is 0 Å². The summed E-state index contributed by atoms with van der Waals surface area (Å²) in [6.45, 7) is 2.27. The summed E-state index contributed by atoms with van der Waals surface area (Å²) in [5.41, 5.74) is 3.40. The highest BCUT2D eigenvalue weighted by Gasteiger charge is 2.64. The normalized spacial score (nSPS) is 26.7. The molecule has 0 spiro atoms. The van der Waals surface area contributed by atoms with Crippen LogP contribution in [0, 0.1) is 11.8 Å². The number of Topliss-reactive ketones (excluding diaryl/α,β-unsaturated/α-hetero) is 2. The Morgan fingerprint density at radius 3 is 2.44 bits per heavy atom. The number of benzene rings is 1. The maximum absolute atomic E-state index is 13.9. The Morgan fingerprint density at radius 2 is 1.82 bits per heavy atom. The highest BCUT2D eigenvalue weighted by atomic mass is 16.3. The molecule has 7 N–H and O–H groups in total. The van der Waals surface area contributed by atoms with Gasteiger partial charge in [0.2, 0.25) is 5.78 Å². The summed E-state index contributed by atoms with van der Waals surface area (Å²) in [5, 5.41) is 48.0. The second-order valence-corrected chi connectivity index (χ2v) is 11.2. The fraction of sp³-hybridized carbons (Fsp3) is 0.536. The van der Waals surface area contributed by atoms with E-state index in [2.05, 4.69) is 10.2 Å². The van der Waals surface area contributed by atoms with E-state index in [0.29, 0.717) is 12.1 Å². The molecule has 0 saturated heterocycles. The lowest BCUT2D eigenvalue weighted by molar-refractivity contribution is -0.153. The standard InChI is InChI=1S/C28H38N4O7/c1-31(2)10-6-5-9-30-13-14-7-8-18(33)20-16(14)11-15-12-17-22(32(3)4)24(35)21(27(29)38)26(37)28(17,39)25(36)19(15)23(20)34/h7-8,15,17,22,30,33-34,37,39H,5-6,9-13H2,1-4H3,(H2,29,38)/t15-,17-,22?,28-/m0/s1. The molecule has 39 heavy (non-hydrogen) atoms. The van der Waals surface area contributed by atoms with Crippen LogP contribution in [-0.2, 0) is 27.3 Å². The summed E-state index contributed by atoms with van der Waals surface area (Å²) in [6.07, 6.45) is 2.37. The van der Waals surface area contributed by atoms with Crippen LogP contribution in [0.1, 0.15) is 36.0 Å². The van der Waals surface area contributed by atoms with Gasteiger partial charge >= 0.3 is 0 Å². The van der Waals surface area contributed by atoms with Crippen LogP contribution in [0.2, 0.25) is 0 Å². The Bertz CT molecular complexity index is 1270. The van der Waals surface area contributed by atoms with Crippen LogP contribution in [0.4, 0.5) is 0 Å². The zero-order valence-electron chi connectivity index (χ0n) is 22.8. The predicted octanol–water partition coefficient (Wildman–Crippen LogP) is 0.395. The number of nitrogens with two attached hydrogens (primary N) is 1. The molecule has 0 heterocycles. The quantitative estimate of drug-likeness (QED) is 0.189. The highest BCUT2D eigenvalue weighted by molar-refractivity contribution is 6.24. The van der Waals surface area contributed by atoms with Crippen molar-refractivity contribution in [2.24, 2.45) is 17.6 Å². The Kier molecular flexibility index (Phi) is 7.91. The molecule has 0 aromatic heterocycles. The molecule has 1 aromatic rings. The maximum atomic E-state index is 13.9. The minimum absolute atomic E-state index is 0.0683. The lowest BCUT2D eigenvalue weighted by atomic mass is 9.57. The second kappa shape index (κ2) is 10.7. The number of carbonyl (C=O) groups is 3. The number of nitrogens with zero attached hydrogens (tertiary/aromatic N) is 2. The molecule has 11 heteroatoms. The average molecular weight is 543 g/mol. The van der Waals surface area contributed by atoms with Gasteiger partial charge in [-0.05, 0) is 90.1 Å². The van der Waals surface area contributed by atoms with E-state index < -0.39 is 58.0 Å². The minimum Gasteiger partial charge on any atom is -0.508 e. The van der Waals surface area contributed by atoms with Gasteiger partial charge in [0.15, 0.2) is 11.4 Å². The van der Waals surface area contributed by atoms with Crippen LogP contribution in [0.25, 0.3) is 5.76 Å². The van der Waals surface area contributed by atoms with E-state index >= 15 is 0 Å². The maximum Gasteiger partial charge on any atom is 0.255 e. The van der Waals surface area contributed by atoms with Crippen LogP contribution < -0.4 is 11.1 Å². The topological polar surface area (TPSA) is 177 Å². The van der Waals surface area contributed by atoms with Crippen molar-refractivity contribution < 1.29 is 34.8 Å². The van der Waals surface area contributed by atoms with E-state index in [-0.39, 0.29) is 29.7 Å². The van der Waals surface area contributed by atoms with Crippen molar-refractivity contribution in [1.82, 2.24) is 15.1 Å². The minimum atomic E-state index is -2.63. The summed E-state index contributed by atoms with van der Waals surface area (Å²) in [5.74, 6) is -6.49. The first-order valence-corrected chi connectivity index (χ1v) is 13.2. The number of nitrogens with one attached hydrogen (secondary N) is 1. The molecule has 0 bridgehead atoms. The van der Waals surface area contributed by atoms with Crippen molar-refractivity contribution in [3.05, 3.63) is 45.7 Å². The van der Waals surface area contributed by atoms with E-state index in [1.807, 2.05) is 14.1 Å². The van der Waals surface area contributed by atoms with Gasteiger partial charge in [-0.2, -0.15) is 0 Å². The van der Waals surface area contributed by atoms with Crippen molar-refractivity contribution in [2.75, 3.05) is 41.3 Å². The molecule has 1 fully saturated rings. The first-order valence-electron chi connectivity index (χ1n) is 13.2. The zero-order valence-corrected chi connectivity index (χ0v) is 22.8. The first kappa shape index (κ1) is 28.8. The van der Waals surface area contributed by atoms with Gasteiger partial charge in [-0.15, -0.1) is 0 Å². The molecular formula is C28H38N4O7. The lowest BCUT2D eigenvalue weighted by Gasteiger charge is -2.50. The van der Waals surface area contributed by atoms with Crippen molar-refractivity contribution in [2.45, 2.75) is 43.9 Å². The first-order chi connectivity index (χ1) is 18.3. The zero-order chi connectivity index (χ0) is 28.8. The van der Waals surface area contributed by atoms with E-state index in [0.717, 1.165) is 31.5 Å². The molecule has 4 atom stereocenters.